The summed E-state index contributed by atoms with van der Waals surface area (Å²) in [7, 11) is 0. The summed E-state index contributed by atoms with van der Waals surface area (Å²) in [6, 6.07) is 5.31. The zero-order valence-corrected chi connectivity index (χ0v) is 9.89. The molecule has 0 spiro atoms. The van der Waals surface area contributed by atoms with Gasteiger partial charge >= 0.3 is 0 Å². The van der Waals surface area contributed by atoms with E-state index in [1.54, 1.807) is 36.8 Å². The van der Waals surface area contributed by atoms with Crippen molar-refractivity contribution in [2.45, 2.75) is 6.61 Å². The number of ether oxygens (including phenoxy) is 1. The number of pyridine rings is 2. The van der Waals surface area contributed by atoms with Gasteiger partial charge in [0.1, 0.15) is 5.75 Å². The first-order chi connectivity index (χ1) is 7.79. The van der Waals surface area contributed by atoms with Gasteiger partial charge in [0.2, 0.25) is 5.88 Å². The average molecular weight is 281 g/mol. The van der Waals surface area contributed by atoms with Crippen LogP contribution >= 0.6 is 15.9 Å². The smallest absolute Gasteiger partial charge is 0.224 e. The molecule has 0 amide bonds. The molecule has 0 bridgehead atoms. The maximum atomic E-state index is 9.16. The lowest BCUT2D eigenvalue weighted by Gasteiger charge is -2.07. The zero-order chi connectivity index (χ0) is 11.4. The Balaban J connectivity index is 2.28. The summed E-state index contributed by atoms with van der Waals surface area (Å²) in [6.07, 6.45) is 4.87. The maximum Gasteiger partial charge on any atom is 0.224 e. The van der Waals surface area contributed by atoms with E-state index < -0.39 is 0 Å². The van der Waals surface area contributed by atoms with Crippen LogP contribution in [0.3, 0.4) is 0 Å². The highest BCUT2D eigenvalue weighted by Gasteiger charge is 2.06. The Hall–Kier alpha value is -1.46. The Morgan fingerprint density at radius 2 is 2.25 bits per heavy atom. The molecule has 0 saturated carbocycles. The van der Waals surface area contributed by atoms with E-state index in [0.29, 0.717) is 17.2 Å². The molecule has 0 atom stereocenters. The molecule has 4 nitrogen and oxygen atoms in total. The van der Waals surface area contributed by atoms with Crippen molar-refractivity contribution in [2.75, 3.05) is 0 Å². The molecule has 0 aromatic carbocycles. The van der Waals surface area contributed by atoms with Gasteiger partial charge < -0.3 is 9.84 Å². The molecule has 0 fully saturated rings. The number of aliphatic hydroxyl groups excluding tert-OH is 1. The monoisotopic (exact) mass is 280 g/mol. The van der Waals surface area contributed by atoms with Crippen LogP contribution in [0, 0.1) is 0 Å². The fraction of sp³-hybridized carbons (Fsp3) is 0.0909. The van der Waals surface area contributed by atoms with Crippen molar-refractivity contribution in [1.29, 1.82) is 0 Å². The summed E-state index contributed by atoms with van der Waals surface area (Å²) < 4.78 is 6.30. The minimum Gasteiger partial charge on any atom is -0.437 e. The van der Waals surface area contributed by atoms with E-state index in [0.717, 1.165) is 4.47 Å². The molecule has 2 aromatic rings. The topological polar surface area (TPSA) is 55.2 Å². The van der Waals surface area contributed by atoms with E-state index in [2.05, 4.69) is 25.9 Å². The van der Waals surface area contributed by atoms with Gasteiger partial charge in [0.25, 0.3) is 0 Å². The standard InChI is InChI=1S/C11H9BrN2O2/c12-9-4-8(7-15)11(14-5-9)16-10-2-1-3-13-6-10/h1-6,15H,7H2. The number of halogens is 1. The lowest BCUT2D eigenvalue weighted by molar-refractivity contribution is 0.275. The van der Waals surface area contributed by atoms with Crippen LogP contribution in [-0.2, 0) is 6.61 Å². The first kappa shape index (κ1) is 11.0. The van der Waals surface area contributed by atoms with Crippen molar-refractivity contribution < 1.29 is 9.84 Å². The number of hydrogen-bond acceptors (Lipinski definition) is 4. The van der Waals surface area contributed by atoms with E-state index in [-0.39, 0.29) is 6.61 Å². The molecule has 0 aliphatic heterocycles. The summed E-state index contributed by atoms with van der Waals surface area (Å²) in [5.74, 6) is 0.978. The molecule has 16 heavy (non-hydrogen) atoms. The summed E-state index contributed by atoms with van der Waals surface area (Å²) in [5, 5.41) is 9.16. The Bertz CT molecular complexity index is 477. The third-order valence-corrected chi connectivity index (χ3v) is 2.34. The molecule has 2 heterocycles. The highest BCUT2D eigenvalue weighted by atomic mass is 79.9. The number of nitrogens with zero attached hydrogens (tertiary/aromatic N) is 2. The highest BCUT2D eigenvalue weighted by molar-refractivity contribution is 9.10. The van der Waals surface area contributed by atoms with Gasteiger partial charge in [-0.2, -0.15) is 0 Å². The number of rotatable bonds is 3. The van der Waals surface area contributed by atoms with Crippen LogP contribution in [0.4, 0.5) is 0 Å². The van der Waals surface area contributed by atoms with Crippen molar-refractivity contribution in [3.8, 4) is 11.6 Å². The predicted octanol–water partition coefficient (Wildman–Crippen LogP) is 2.52. The van der Waals surface area contributed by atoms with Crippen LogP contribution in [0.2, 0.25) is 0 Å². The van der Waals surface area contributed by atoms with Gasteiger partial charge in [-0.15, -0.1) is 0 Å². The first-order valence-corrected chi connectivity index (χ1v) is 5.42. The lowest BCUT2D eigenvalue weighted by atomic mass is 10.3. The lowest BCUT2D eigenvalue weighted by Crippen LogP contribution is -1.95. The summed E-state index contributed by atoms with van der Waals surface area (Å²) in [6.45, 7) is -0.123. The predicted molar refractivity (Wildman–Crippen MR) is 62.2 cm³/mol. The second kappa shape index (κ2) is 5.05. The van der Waals surface area contributed by atoms with Crippen molar-refractivity contribution in [3.63, 3.8) is 0 Å². The van der Waals surface area contributed by atoms with Crippen LogP contribution in [-0.4, -0.2) is 15.1 Å². The third-order valence-electron chi connectivity index (χ3n) is 1.91. The Labute approximate surface area is 101 Å². The second-order valence-corrected chi connectivity index (χ2v) is 3.98. The van der Waals surface area contributed by atoms with Gasteiger partial charge in [-0.3, -0.25) is 4.98 Å². The Kier molecular flexibility index (Phi) is 3.48. The van der Waals surface area contributed by atoms with Crippen LogP contribution in [0.15, 0.2) is 41.3 Å². The second-order valence-electron chi connectivity index (χ2n) is 3.07. The summed E-state index contributed by atoms with van der Waals surface area (Å²) in [5.41, 5.74) is 0.623. The van der Waals surface area contributed by atoms with E-state index >= 15 is 0 Å². The minimum atomic E-state index is -0.123. The van der Waals surface area contributed by atoms with Crippen LogP contribution in [0.1, 0.15) is 5.56 Å². The highest BCUT2D eigenvalue weighted by Crippen LogP contribution is 2.24. The van der Waals surface area contributed by atoms with E-state index in [9.17, 15) is 0 Å². The molecule has 5 heteroatoms. The molecule has 2 aromatic heterocycles. The SMILES string of the molecule is OCc1cc(Br)cnc1Oc1cccnc1. The Morgan fingerprint density at radius 1 is 1.38 bits per heavy atom. The van der Waals surface area contributed by atoms with Gasteiger partial charge in [-0.1, -0.05) is 0 Å². The van der Waals surface area contributed by atoms with Gasteiger partial charge in [-0.25, -0.2) is 4.98 Å². The fourth-order valence-corrected chi connectivity index (χ4v) is 1.57. The van der Waals surface area contributed by atoms with E-state index in [1.165, 1.54) is 0 Å². The zero-order valence-electron chi connectivity index (χ0n) is 8.30. The van der Waals surface area contributed by atoms with E-state index in [1.807, 2.05) is 0 Å². The van der Waals surface area contributed by atoms with Gasteiger partial charge in [0.05, 0.1) is 12.8 Å². The third kappa shape index (κ3) is 2.56. The fourth-order valence-electron chi connectivity index (χ4n) is 1.19. The van der Waals surface area contributed by atoms with Crippen molar-refractivity contribution in [2.24, 2.45) is 0 Å². The minimum absolute atomic E-state index is 0.123. The van der Waals surface area contributed by atoms with Crippen LogP contribution in [0.25, 0.3) is 0 Å². The first-order valence-electron chi connectivity index (χ1n) is 4.63. The van der Waals surface area contributed by atoms with Gasteiger partial charge in [0, 0.05) is 22.4 Å². The molecule has 0 aliphatic carbocycles. The van der Waals surface area contributed by atoms with Gasteiger partial charge in [0.15, 0.2) is 0 Å². The summed E-state index contributed by atoms with van der Waals surface area (Å²) >= 11 is 3.28. The number of hydrogen-bond donors (Lipinski definition) is 1. The van der Waals surface area contributed by atoms with Crippen molar-refractivity contribution in [1.82, 2.24) is 9.97 Å². The Morgan fingerprint density at radius 3 is 2.94 bits per heavy atom. The average Bonchev–Trinajstić information content (AvgIpc) is 2.33. The molecule has 0 saturated heterocycles. The molecule has 2 rings (SSSR count). The molecule has 1 N–H and O–H groups in total. The number of aromatic nitrogens is 2. The summed E-state index contributed by atoms with van der Waals surface area (Å²) in [4.78, 5) is 8.02. The van der Waals surface area contributed by atoms with Crippen LogP contribution < -0.4 is 4.74 Å². The molecule has 0 aliphatic rings. The molecular formula is C11H9BrN2O2. The van der Waals surface area contributed by atoms with Crippen molar-refractivity contribution in [3.05, 3.63) is 46.8 Å². The van der Waals surface area contributed by atoms with Gasteiger partial charge in [-0.05, 0) is 34.1 Å². The molecule has 0 radical (unpaired) electrons. The normalized spacial score (nSPS) is 10.1. The molecular weight excluding hydrogens is 272 g/mol. The van der Waals surface area contributed by atoms with Crippen LogP contribution in [0.5, 0.6) is 11.6 Å². The quantitative estimate of drug-likeness (QED) is 0.939. The largest absolute Gasteiger partial charge is 0.437 e. The number of aliphatic hydroxyl groups is 1. The maximum absolute atomic E-state index is 9.16. The molecule has 82 valence electrons. The molecule has 0 unspecified atom stereocenters. The van der Waals surface area contributed by atoms with Crippen molar-refractivity contribution >= 4 is 15.9 Å². The van der Waals surface area contributed by atoms with E-state index in [4.69, 9.17) is 9.84 Å².